The van der Waals surface area contributed by atoms with Crippen molar-refractivity contribution in [3.63, 3.8) is 0 Å². The lowest BCUT2D eigenvalue weighted by molar-refractivity contribution is -0.136. The molecule has 1 saturated carbocycles. The molecule has 0 bridgehead atoms. The number of likely N-dealkylation sites (tertiary alicyclic amines) is 1. The van der Waals surface area contributed by atoms with E-state index in [1.807, 2.05) is 43.4 Å². The number of piperazine rings is 1. The number of aromatic nitrogens is 1. The number of rotatable bonds is 12. The Bertz CT molecular complexity index is 2560. The summed E-state index contributed by atoms with van der Waals surface area (Å²) < 4.78 is 13.9. The van der Waals surface area contributed by atoms with Gasteiger partial charge in [-0.05, 0) is 93.7 Å². The number of carbonyl (C=O) groups is 5. The minimum atomic E-state index is -0.981. The average Bonchev–Trinajstić information content (AvgIpc) is 3.96. The number of benzene rings is 2. The van der Waals surface area contributed by atoms with E-state index in [4.69, 9.17) is 9.47 Å². The number of carbonyl (C=O) groups excluding carboxylic acids is 5. The number of thiophene rings is 1. The first-order chi connectivity index (χ1) is 30.2. The van der Waals surface area contributed by atoms with E-state index >= 15 is 0 Å². The quantitative estimate of drug-likeness (QED) is 0.200. The fraction of sp³-hybridized carbons (Fsp3) is 0.478. The van der Waals surface area contributed by atoms with Crippen molar-refractivity contribution in [3.8, 4) is 22.6 Å². The Morgan fingerprint density at radius 1 is 0.889 bits per heavy atom. The van der Waals surface area contributed by atoms with Gasteiger partial charge < -0.3 is 34.1 Å². The molecule has 0 unspecified atom stereocenters. The zero-order valence-electron chi connectivity index (χ0n) is 36.5. The fourth-order valence-electron chi connectivity index (χ4n) is 10.2. The molecule has 332 valence electrons. The van der Waals surface area contributed by atoms with Gasteiger partial charge in [-0.1, -0.05) is 0 Å². The van der Waals surface area contributed by atoms with Gasteiger partial charge in [0.25, 0.3) is 23.3 Å². The minimum absolute atomic E-state index is 0.0863. The molecule has 6 heterocycles. The Kier molecular flexibility index (Phi) is 11.4. The molecule has 2 N–H and O–H groups in total. The zero-order chi connectivity index (χ0) is 44.3. The molecule has 16 nitrogen and oxygen atoms in total. The van der Waals surface area contributed by atoms with Crippen LogP contribution in [-0.2, 0) is 23.2 Å². The monoisotopic (exact) mass is 878 g/mol. The van der Waals surface area contributed by atoms with Crippen molar-refractivity contribution >= 4 is 56.6 Å². The third-order valence-corrected chi connectivity index (χ3v) is 14.7. The number of aryl methyl sites for hydroxylation is 1. The van der Waals surface area contributed by atoms with Gasteiger partial charge in [-0.2, -0.15) is 0 Å². The molecular formula is C46H54N8O8S. The van der Waals surface area contributed by atoms with Gasteiger partial charge in [-0.15, -0.1) is 11.3 Å². The van der Waals surface area contributed by atoms with Gasteiger partial charge in [0.05, 0.1) is 41.2 Å². The van der Waals surface area contributed by atoms with E-state index in [0.717, 1.165) is 104 Å². The second kappa shape index (κ2) is 16.8. The van der Waals surface area contributed by atoms with Crippen LogP contribution < -0.4 is 30.6 Å². The number of nitrogens with one attached hydrogen (secondary N) is 2. The maximum absolute atomic E-state index is 13.7. The second-order valence-electron chi connectivity index (χ2n) is 18.0. The van der Waals surface area contributed by atoms with Crippen LogP contribution in [-0.4, -0.2) is 146 Å². The summed E-state index contributed by atoms with van der Waals surface area (Å²) in [6, 6.07) is 10.1. The molecule has 2 aromatic carbocycles. The van der Waals surface area contributed by atoms with Crippen molar-refractivity contribution in [1.29, 1.82) is 0 Å². The molecule has 9 rings (SSSR count). The predicted molar refractivity (Wildman–Crippen MR) is 239 cm³/mol. The molecule has 4 aliphatic heterocycles. The van der Waals surface area contributed by atoms with Crippen LogP contribution in [0, 0.1) is 5.41 Å². The Hall–Kier alpha value is -5.62. The topological polar surface area (TPSA) is 166 Å². The lowest BCUT2D eigenvalue weighted by Gasteiger charge is -2.45. The Balaban J connectivity index is 0.765. The van der Waals surface area contributed by atoms with Crippen LogP contribution >= 0.6 is 11.3 Å². The normalized spacial score (nSPS) is 22.9. The highest BCUT2D eigenvalue weighted by Crippen LogP contribution is 2.48. The van der Waals surface area contributed by atoms with Crippen LogP contribution in [0.1, 0.15) is 68.1 Å². The minimum Gasteiger partial charge on any atom is -0.496 e. The molecule has 63 heavy (non-hydrogen) atoms. The van der Waals surface area contributed by atoms with Crippen molar-refractivity contribution < 1.29 is 33.4 Å². The molecule has 17 heteroatoms. The number of ether oxygens (including phenoxy) is 2. The van der Waals surface area contributed by atoms with Crippen molar-refractivity contribution in [1.82, 2.24) is 34.8 Å². The van der Waals surface area contributed by atoms with Gasteiger partial charge in [0.2, 0.25) is 11.8 Å². The second-order valence-corrected chi connectivity index (χ2v) is 19.1. The number of amides is 5. The largest absolute Gasteiger partial charge is 0.496 e. The van der Waals surface area contributed by atoms with Crippen molar-refractivity contribution in [3.05, 3.63) is 74.5 Å². The first-order valence-corrected chi connectivity index (χ1v) is 22.5. The average molecular weight is 879 g/mol. The van der Waals surface area contributed by atoms with E-state index in [0.29, 0.717) is 33.9 Å². The number of imide groups is 2. The highest BCUT2D eigenvalue weighted by Gasteiger charge is 2.49. The van der Waals surface area contributed by atoms with Gasteiger partial charge in [0.15, 0.2) is 0 Å². The van der Waals surface area contributed by atoms with E-state index in [-0.39, 0.29) is 41.3 Å². The van der Waals surface area contributed by atoms with Crippen molar-refractivity contribution in [2.45, 2.75) is 50.7 Å². The number of piperidine rings is 1. The highest BCUT2D eigenvalue weighted by molar-refractivity contribution is 7.21. The molecule has 2 aromatic heterocycles. The summed E-state index contributed by atoms with van der Waals surface area (Å²) in [7, 11) is 8.98. The molecule has 5 amide bonds. The molecule has 1 aliphatic carbocycles. The van der Waals surface area contributed by atoms with Crippen LogP contribution in [0.4, 0.5) is 5.69 Å². The van der Waals surface area contributed by atoms with E-state index in [9.17, 15) is 28.8 Å². The number of pyridine rings is 1. The number of methoxy groups -OCH3 is 2. The number of hydrogen-bond acceptors (Lipinski definition) is 13. The SMILES string of the molecule is COc1cc(-c2cn(C)c(=O)c3cc(C(=O)NC4CC5(CCN(CCN6CCN(c7ccc8c(c7)C(=O)N([C@H]7CCC(=O)NC7=O)C8=O)CC6)C5)C4)sc23)cc(OC)c1CN(C)C. The third-order valence-electron chi connectivity index (χ3n) is 13.6. The van der Waals surface area contributed by atoms with E-state index in [1.54, 1.807) is 44.0 Å². The number of hydrogen-bond donors (Lipinski definition) is 2. The summed E-state index contributed by atoms with van der Waals surface area (Å²) in [6.45, 7) is 7.92. The Morgan fingerprint density at radius 2 is 1.59 bits per heavy atom. The summed E-state index contributed by atoms with van der Waals surface area (Å²) in [5.41, 5.74) is 4.11. The molecule has 0 radical (unpaired) electrons. The summed E-state index contributed by atoms with van der Waals surface area (Å²) in [6.07, 6.45) is 5.01. The van der Waals surface area contributed by atoms with Crippen LogP contribution in [0.2, 0.25) is 0 Å². The van der Waals surface area contributed by atoms with Crippen LogP contribution in [0.5, 0.6) is 11.5 Å². The van der Waals surface area contributed by atoms with Gasteiger partial charge in [-0.3, -0.25) is 43.9 Å². The highest BCUT2D eigenvalue weighted by atomic mass is 32.1. The summed E-state index contributed by atoms with van der Waals surface area (Å²) in [5, 5.41) is 6.03. The first kappa shape index (κ1) is 42.7. The van der Waals surface area contributed by atoms with Crippen LogP contribution in [0.25, 0.3) is 21.2 Å². The smallest absolute Gasteiger partial charge is 0.262 e. The van der Waals surface area contributed by atoms with Crippen LogP contribution in [0.3, 0.4) is 0 Å². The molecule has 1 atom stereocenters. The zero-order valence-corrected chi connectivity index (χ0v) is 37.3. The fourth-order valence-corrected chi connectivity index (χ4v) is 11.3. The lowest BCUT2D eigenvalue weighted by atomic mass is 9.65. The van der Waals surface area contributed by atoms with Gasteiger partial charge in [0.1, 0.15) is 17.5 Å². The van der Waals surface area contributed by atoms with Crippen molar-refractivity contribution in [2.75, 3.05) is 85.6 Å². The molecule has 1 spiro atoms. The first-order valence-electron chi connectivity index (χ1n) is 21.6. The predicted octanol–water partition coefficient (Wildman–Crippen LogP) is 3.15. The molecule has 5 aliphatic rings. The maximum atomic E-state index is 13.7. The van der Waals surface area contributed by atoms with Gasteiger partial charge >= 0.3 is 0 Å². The summed E-state index contributed by atoms with van der Waals surface area (Å²) in [4.78, 5) is 88.5. The van der Waals surface area contributed by atoms with Gasteiger partial charge in [-0.25, -0.2) is 0 Å². The molecule has 4 aromatic rings. The number of anilines is 1. The van der Waals surface area contributed by atoms with Crippen molar-refractivity contribution in [2.24, 2.45) is 12.5 Å². The molecular weight excluding hydrogens is 825 g/mol. The maximum Gasteiger partial charge on any atom is 0.262 e. The summed E-state index contributed by atoms with van der Waals surface area (Å²) in [5.74, 6) is -0.766. The van der Waals surface area contributed by atoms with E-state index in [2.05, 4.69) is 25.3 Å². The van der Waals surface area contributed by atoms with E-state index in [1.165, 1.54) is 11.3 Å². The van der Waals surface area contributed by atoms with Gasteiger partial charge in [0, 0.05) is 94.0 Å². The van der Waals surface area contributed by atoms with E-state index < -0.39 is 29.7 Å². The number of nitrogens with zero attached hydrogens (tertiary/aromatic N) is 6. The Labute approximate surface area is 369 Å². The summed E-state index contributed by atoms with van der Waals surface area (Å²) >= 11 is 1.34. The third kappa shape index (κ3) is 8.00. The lowest BCUT2D eigenvalue weighted by Crippen LogP contribution is -2.54. The molecule has 4 fully saturated rings. The molecule has 3 saturated heterocycles. The Morgan fingerprint density at radius 3 is 2.27 bits per heavy atom. The standard InChI is InChI=1S/C46H54N8O8S/c1-49(2)24-34-36(61-4)18-27(19-37(34)62-5)33-25-50(3)43(58)32-21-38(63-40(32)33)42(57)47-28-22-46(23-28)10-11-52(26-46)13-12-51-14-16-53(17-15-51)29-6-7-30-31(20-29)45(60)54(44(30)59)35-8-9-39(55)48-41(35)56/h6-7,18-21,25,28,35H,8-17,22-24,26H2,1-5H3,(H,47,57)(H,48,55,56)/t28?,35-,46?/m0/s1. The van der Waals surface area contributed by atoms with Crippen LogP contribution in [0.15, 0.2) is 47.4 Å². The number of fused-ring (bicyclic) bond motifs is 2.